The maximum Gasteiger partial charge on any atom is 0.387 e. The molecule has 1 aliphatic rings. The molecule has 1 saturated heterocycles. The van der Waals surface area contributed by atoms with E-state index in [4.69, 9.17) is 17.3 Å². The van der Waals surface area contributed by atoms with Crippen molar-refractivity contribution in [2.45, 2.75) is 43.2 Å². The first-order valence-corrected chi connectivity index (χ1v) is 9.14. The van der Waals surface area contributed by atoms with E-state index >= 15 is 0 Å². The summed E-state index contributed by atoms with van der Waals surface area (Å²) in [6.07, 6.45) is 3.08. The molecule has 23 heavy (non-hydrogen) atoms. The molecular formula is C14H19ClF2N2O3S. The zero-order chi connectivity index (χ0) is 17.0. The van der Waals surface area contributed by atoms with E-state index in [1.807, 2.05) is 0 Å². The summed E-state index contributed by atoms with van der Waals surface area (Å²) in [6.45, 7) is -2.20. The highest BCUT2D eigenvalue weighted by Crippen LogP contribution is 2.32. The Kier molecular flexibility index (Phi) is 6.19. The van der Waals surface area contributed by atoms with E-state index in [2.05, 4.69) is 4.74 Å². The molecule has 0 aromatic heterocycles. The van der Waals surface area contributed by atoms with E-state index in [0.29, 0.717) is 19.5 Å². The largest absolute Gasteiger partial charge is 0.433 e. The van der Waals surface area contributed by atoms with Gasteiger partial charge in [-0.15, -0.1) is 0 Å². The minimum Gasteiger partial charge on any atom is -0.433 e. The monoisotopic (exact) mass is 368 g/mol. The summed E-state index contributed by atoms with van der Waals surface area (Å²) >= 11 is 5.85. The Hall–Kier alpha value is -0.960. The van der Waals surface area contributed by atoms with E-state index < -0.39 is 16.6 Å². The fourth-order valence-corrected chi connectivity index (χ4v) is 4.78. The number of sulfonamides is 1. The van der Waals surface area contributed by atoms with Gasteiger partial charge in [-0.1, -0.05) is 18.0 Å². The predicted octanol–water partition coefficient (Wildman–Crippen LogP) is 2.83. The number of hydrogen-bond donors (Lipinski definition) is 1. The Morgan fingerprint density at radius 3 is 2.74 bits per heavy atom. The van der Waals surface area contributed by atoms with Crippen molar-refractivity contribution in [1.29, 1.82) is 0 Å². The van der Waals surface area contributed by atoms with Crippen LogP contribution in [0.1, 0.15) is 25.7 Å². The van der Waals surface area contributed by atoms with Gasteiger partial charge in [0.2, 0.25) is 10.0 Å². The van der Waals surface area contributed by atoms with Crippen LogP contribution in [0.2, 0.25) is 5.02 Å². The minimum atomic E-state index is -3.75. The summed E-state index contributed by atoms with van der Waals surface area (Å²) in [6, 6.07) is 3.37. The van der Waals surface area contributed by atoms with Crippen LogP contribution in [0.25, 0.3) is 0 Å². The van der Waals surface area contributed by atoms with Gasteiger partial charge in [0.05, 0.1) is 9.92 Å². The van der Waals surface area contributed by atoms with E-state index in [1.165, 1.54) is 10.4 Å². The average molecular weight is 369 g/mol. The summed E-state index contributed by atoms with van der Waals surface area (Å²) in [4.78, 5) is -0.0342. The molecule has 0 aliphatic carbocycles. The molecule has 1 heterocycles. The third-order valence-electron chi connectivity index (χ3n) is 3.80. The van der Waals surface area contributed by atoms with Crippen LogP contribution in [-0.2, 0) is 10.0 Å². The quantitative estimate of drug-likeness (QED) is 0.838. The van der Waals surface area contributed by atoms with Crippen LogP contribution < -0.4 is 10.5 Å². The van der Waals surface area contributed by atoms with E-state index in [9.17, 15) is 17.2 Å². The summed E-state index contributed by atoms with van der Waals surface area (Å²) in [5.74, 6) is -0.252. The Morgan fingerprint density at radius 1 is 1.39 bits per heavy atom. The fourth-order valence-electron chi connectivity index (χ4n) is 2.74. The number of rotatable bonds is 6. The van der Waals surface area contributed by atoms with Crippen molar-refractivity contribution in [3.05, 3.63) is 23.2 Å². The molecule has 1 fully saturated rings. The van der Waals surface area contributed by atoms with Gasteiger partial charge >= 0.3 is 6.61 Å². The van der Waals surface area contributed by atoms with Gasteiger partial charge in [-0.3, -0.25) is 0 Å². The number of halogens is 3. The maximum absolute atomic E-state index is 12.8. The molecule has 2 rings (SSSR count). The predicted molar refractivity (Wildman–Crippen MR) is 83.3 cm³/mol. The molecule has 0 amide bonds. The number of benzene rings is 1. The van der Waals surface area contributed by atoms with Gasteiger partial charge < -0.3 is 10.5 Å². The number of piperidine rings is 1. The van der Waals surface area contributed by atoms with Gasteiger partial charge in [-0.25, -0.2) is 8.42 Å². The second kappa shape index (κ2) is 7.74. The maximum atomic E-state index is 12.8. The van der Waals surface area contributed by atoms with Gasteiger partial charge in [0, 0.05) is 12.6 Å². The molecule has 1 unspecified atom stereocenters. The third kappa shape index (κ3) is 4.32. The summed E-state index contributed by atoms with van der Waals surface area (Å²) in [7, 11) is -3.75. The van der Waals surface area contributed by atoms with Crippen LogP contribution in [0.4, 0.5) is 8.78 Å². The molecular weight excluding hydrogens is 350 g/mol. The lowest BCUT2D eigenvalue weighted by Gasteiger charge is -2.34. The standard InChI is InChI=1S/C14H19ClF2N2O3S/c15-12-9-11(4-5-13(12)22-14(16)17)23(20,21)19-8-2-1-3-10(19)6-7-18/h4-5,9-10,14H,1-3,6-8,18H2. The third-order valence-corrected chi connectivity index (χ3v) is 6.04. The Bertz CT molecular complexity index is 641. The van der Waals surface area contributed by atoms with Crippen LogP contribution in [0.3, 0.4) is 0 Å². The zero-order valence-electron chi connectivity index (χ0n) is 12.4. The lowest BCUT2D eigenvalue weighted by Crippen LogP contribution is -2.44. The lowest BCUT2D eigenvalue weighted by atomic mass is 10.0. The number of nitrogens with zero attached hydrogens (tertiary/aromatic N) is 1. The number of alkyl halides is 2. The number of nitrogens with two attached hydrogens (primary N) is 1. The van der Waals surface area contributed by atoms with E-state index in [1.54, 1.807) is 0 Å². The molecule has 1 aromatic carbocycles. The molecule has 0 spiro atoms. The first kappa shape index (κ1) is 18.4. The molecule has 130 valence electrons. The molecule has 0 bridgehead atoms. The SMILES string of the molecule is NCCC1CCCCN1S(=O)(=O)c1ccc(OC(F)F)c(Cl)c1. The lowest BCUT2D eigenvalue weighted by molar-refractivity contribution is -0.0498. The molecule has 9 heteroatoms. The molecule has 1 atom stereocenters. The van der Waals surface area contributed by atoms with Crippen LogP contribution in [0.15, 0.2) is 23.1 Å². The first-order chi connectivity index (χ1) is 10.9. The van der Waals surface area contributed by atoms with Crippen molar-refractivity contribution in [1.82, 2.24) is 4.31 Å². The summed E-state index contributed by atoms with van der Waals surface area (Å²) in [5, 5.41) is -0.168. The number of hydrogen-bond acceptors (Lipinski definition) is 4. The second-order valence-corrected chi connectivity index (χ2v) is 7.61. The topological polar surface area (TPSA) is 72.6 Å². The van der Waals surface area contributed by atoms with Crippen molar-refractivity contribution < 1.29 is 21.9 Å². The van der Waals surface area contributed by atoms with Gasteiger partial charge in [0.25, 0.3) is 0 Å². The summed E-state index contributed by atoms with van der Waals surface area (Å²) < 4.78 is 55.7. The molecule has 0 radical (unpaired) electrons. The van der Waals surface area contributed by atoms with Crippen molar-refractivity contribution in [2.24, 2.45) is 5.73 Å². The molecule has 1 aliphatic heterocycles. The van der Waals surface area contributed by atoms with E-state index in [0.717, 1.165) is 31.4 Å². The normalized spacial score (nSPS) is 20.0. The van der Waals surface area contributed by atoms with Gasteiger partial charge in [0.1, 0.15) is 5.75 Å². The van der Waals surface area contributed by atoms with Crippen LogP contribution in [0, 0.1) is 0 Å². The molecule has 0 saturated carbocycles. The molecule has 2 N–H and O–H groups in total. The zero-order valence-corrected chi connectivity index (χ0v) is 14.0. The summed E-state index contributed by atoms with van der Waals surface area (Å²) in [5.41, 5.74) is 5.56. The molecule has 1 aromatic rings. The van der Waals surface area contributed by atoms with Crippen molar-refractivity contribution in [3.8, 4) is 5.75 Å². The average Bonchev–Trinajstić information content (AvgIpc) is 2.49. The Balaban J connectivity index is 2.29. The number of ether oxygens (including phenoxy) is 1. The fraction of sp³-hybridized carbons (Fsp3) is 0.571. The van der Waals surface area contributed by atoms with Crippen LogP contribution in [-0.4, -0.2) is 38.5 Å². The highest BCUT2D eigenvalue weighted by molar-refractivity contribution is 7.89. The minimum absolute atomic E-state index is 0.0342. The Labute approximate surface area is 139 Å². The van der Waals surface area contributed by atoms with Crippen molar-refractivity contribution >= 4 is 21.6 Å². The molecule has 5 nitrogen and oxygen atoms in total. The van der Waals surface area contributed by atoms with E-state index in [-0.39, 0.29) is 21.7 Å². The van der Waals surface area contributed by atoms with Gasteiger partial charge in [0.15, 0.2) is 0 Å². The van der Waals surface area contributed by atoms with Crippen LogP contribution in [0.5, 0.6) is 5.75 Å². The first-order valence-electron chi connectivity index (χ1n) is 7.32. The van der Waals surface area contributed by atoms with Crippen molar-refractivity contribution in [2.75, 3.05) is 13.1 Å². The highest BCUT2D eigenvalue weighted by Gasteiger charge is 2.33. The highest BCUT2D eigenvalue weighted by atomic mass is 35.5. The van der Waals surface area contributed by atoms with Gasteiger partial charge in [-0.05, 0) is 44.0 Å². The smallest absolute Gasteiger partial charge is 0.387 e. The van der Waals surface area contributed by atoms with Crippen LogP contribution >= 0.6 is 11.6 Å². The second-order valence-electron chi connectivity index (χ2n) is 5.31. The van der Waals surface area contributed by atoms with Crippen molar-refractivity contribution in [3.63, 3.8) is 0 Å². The Morgan fingerprint density at radius 2 is 2.13 bits per heavy atom. The van der Waals surface area contributed by atoms with Gasteiger partial charge in [-0.2, -0.15) is 13.1 Å².